The molecule has 4 rings (SSSR count). The fourth-order valence-electron chi connectivity index (χ4n) is 4.32. The molecule has 3 aromatic rings. The Labute approximate surface area is 234 Å². The van der Waals surface area contributed by atoms with E-state index in [1.807, 2.05) is 6.07 Å². The molecular weight excluding hydrogens is 562 g/mol. The minimum absolute atomic E-state index is 0.0797. The van der Waals surface area contributed by atoms with Gasteiger partial charge in [-0.2, -0.15) is 9.03 Å². The van der Waals surface area contributed by atoms with Crippen molar-refractivity contribution in [2.24, 2.45) is 0 Å². The molecule has 1 saturated heterocycles. The van der Waals surface area contributed by atoms with Gasteiger partial charge in [-0.1, -0.05) is 54.1 Å². The van der Waals surface area contributed by atoms with Crippen LogP contribution in [0.2, 0.25) is 5.02 Å². The largest absolute Gasteiger partial charge is 0.495 e. The van der Waals surface area contributed by atoms with Crippen LogP contribution in [0, 0.1) is 0 Å². The van der Waals surface area contributed by atoms with Crippen LogP contribution in [0.25, 0.3) is 0 Å². The first-order chi connectivity index (χ1) is 18.6. The summed E-state index contributed by atoms with van der Waals surface area (Å²) in [5.41, 5.74) is 1.43. The number of sulfonamides is 2. The predicted octanol–water partition coefficient (Wildman–Crippen LogP) is 3.34. The number of hydrogen-bond donors (Lipinski definition) is 2. The normalized spacial score (nSPS) is 15.1. The maximum absolute atomic E-state index is 13.3. The molecule has 3 aromatic carbocycles. The molecule has 0 aliphatic carbocycles. The number of carbonyl (C=O) groups excluding carboxylic acids is 1. The monoisotopic (exact) mass is 591 g/mol. The highest BCUT2D eigenvalue weighted by atomic mass is 35.5. The fraction of sp³-hybridized carbons (Fsp3) is 0.296. The zero-order valence-corrected chi connectivity index (χ0v) is 23.7. The topological polar surface area (TPSA) is 122 Å². The molecule has 39 heavy (non-hydrogen) atoms. The number of nitrogens with one attached hydrogen (secondary N) is 2. The average molecular weight is 592 g/mol. The van der Waals surface area contributed by atoms with Crippen LogP contribution in [0.15, 0.2) is 82.6 Å². The highest BCUT2D eigenvalue weighted by molar-refractivity contribution is 7.89. The van der Waals surface area contributed by atoms with E-state index in [9.17, 15) is 21.6 Å². The molecule has 1 aliphatic rings. The molecule has 0 radical (unpaired) electrons. The number of rotatable bonds is 11. The first-order valence-corrected chi connectivity index (χ1v) is 15.7. The van der Waals surface area contributed by atoms with Crippen LogP contribution in [0.3, 0.4) is 0 Å². The molecule has 1 atom stereocenters. The van der Waals surface area contributed by atoms with Gasteiger partial charge < -0.3 is 10.1 Å². The van der Waals surface area contributed by atoms with Crippen molar-refractivity contribution < 1.29 is 26.4 Å². The molecule has 12 heteroatoms. The minimum Gasteiger partial charge on any atom is -0.495 e. The lowest BCUT2D eigenvalue weighted by Crippen LogP contribution is -2.47. The van der Waals surface area contributed by atoms with Gasteiger partial charge in [0.15, 0.2) is 0 Å². The van der Waals surface area contributed by atoms with Crippen molar-refractivity contribution in [2.45, 2.75) is 41.6 Å². The lowest BCUT2D eigenvalue weighted by Gasteiger charge is -2.20. The van der Waals surface area contributed by atoms with Crippen LogP contribution in [-0.2, 0) is 37.8 Å². The maximum Gasteiger partial charge on any atom is 0.245 e. The zero-order chi connectivity index (χ0) is 28.0. The van der Waals surface area contributed by atoms with Crippen molar-refractivity contribution in [2.75, 3.05) is 20.2 Å². The zero-order valence-electron chi connectivity index (χ0n) is 21.3. The van der Waals surface area contributed by atoms with E-state index < -0.39 is 32.0 Å². The SMILES string of the molecule is COc1ccc(Cl)cc1S(=O)(=O)N[C@H](Cc1ccccc1)C(=O)NCc1ccc(S(=O)(=O)N2CCCC2)cc1. The molecule has 0 bridgehead atoms. The molecule has 1 amide bonds. The first-order valence-electron chi connectivity index (χ1n) is 12.4. The van der Waals surface area contributed by atoms with Crippen molar-refractivity contribution in [3.05, 3.63) is 88.9 Å². The number of carbonyl (C=O) groups is 1. The Balaban J connectivity index is 1.50. The number of amides is 1. The van der Waals surface area contributed by atoms with E-state index in [1.54, 1.807) is 36.4 Å². The number of methoxy groups -OCH3 is 1. The van der Waals surface area contributed by atoms with Gasteiger partial charge in [-0.25, -0.2) is 16.8 Å². The van der Waals surface area contributed by atoms with E-state index in [1.165, 1.54) is 41.7 Å². The van der Waals surface area contributed by atoms with Crippen molar-refractivity contribution >= 4 is 37.6 Å². The van der Waals surface area contributed by atoms with Crippen LogP contribution < -0.4 is 14.8 Å². The summed E-state index contributed by atoms with van der Waals surface area (Å²) in [4.78, 5) is 13.3. The summed E-state index contributed by atoms with van der Waals surface area (Å²) >= 11 is 6.03. The van der Waals surface area contributed by atoms with Crippen LogP contribution >= 0.6 is 11.6 Å². The predicted molar refractivity (Wildman–Crippen MR) is 149 cm³/mol. The second-order valence-corrected chi connectivity index (χ2v) is 13.2. The van der Waals surface area contributed by atoms with E-state index in [0.717, 1.165) is 18.4 Å². The van der Waals surface area contributed by atoms with Crippen LogP contribution in [-0.4, -0.2) is 53.3 Å². The molecule has 1 fully saturated rings. The standard InChI is InChI=1S/C27H30ClN3O6S2/c1-37-25-14-11-22(28)18-26(25)38(33,34)30-24(17-20-7-3-2-4-8-20)27(32)29-19-21-9-12-23(13-10-21)39(35,36)31-15-5-6-16-31/h2-4,7-14,18,24,30H,5-6,15-17,19H2,1H3,(H,29,32)/t24-/m1/s1. The number of ether oxygens (including phenoxy) is 1. The van der Waals surface area contributed by atoms with Gasteiger partial charge in [-0.05, 0) is 60.7 Å². The van der Waals surface area contributed by atoms with Gasteiger partial charge in [-0.15, -0.1) is 0 Å². The summed E-state index contributed by atoms with van der Waals surface area (Å²) in [5, 5.41) is 2.97. The molecule has 1 aliphatic heterocycles. The lowest BCUT2D eigenvalue weighted by atomic mass is 10.1. The van der Waals surface area contributed by atoms with Gasteiger partial charge in [0.25, 0.3) is 0 Å². The first kappa shape index (κ1) is 29.0. The molecule has 0 unspecified atom stereocenters. The molecule has 0 saturated carbocycles. The van der Waals surface area contributed by atoms with Crippen molar-refractivity contribution in [3.63, 3.8) is 0 Å². The number of hydrogen-bond acceptors (Lipinski definition) is 6. The molecular formula is C27H30ClN3O6S2. The highest BCUT2D eigenvalue weighted by Gasteiger charge is 2.29. The van der Waals surface area contributed by atoms with Crippen molar-refractivity contribution in [1.29, 1.82) is 0 Å². The quantitative estimate of drug-likeness (QED) is 0.353. The van der Waals surface area contributed by atoms with Gasteiger partial charge in [-0.3, -0.25) is 4.79 Å². The Kier molecular flexibility index (Phi) is 9.29. The summed E-state index contributed by atoms with van der Waals surface area (Å²) in [7, 11) is -6.39. The smallest absolute Gasteiger partial charge is 0.245 e. The summed E-state index contributed by atoms with van der Waals surface area (Å²) in [5.74, 6) is -0.452. The van der Waals surface area contributed by atoms with E-state index in [-0.39, 0.29) is 33.5 Å². The van der Waals surface area contributed by atoms with Crippen LogP contribution in [0.1, 0.15) is 24.0 Å². The number of nitrogens with zero attached hydrogens (tertiary/aromatic N) is 1. The number of halogens is 1. The molecule has 208 valence electrons. The van der Waals surface area contributed by atoms with Crippen LogP contribution in [0.5, 0.6) is 5.75 Å². The van der Waals surface area contributed by atoms with Gasteiger partial charge >= 0.3 is 0 Å². The van der Waals surface area contributed by atoms with Gasteiger partial charge in [0, 0.05) is 24.7 Å². The Morgan fingerprint density at radius 2 is 1.62 bits per heavy atom. The maximum atomic E-state index is 13.3. The Bertz CT molecular complexity index is 1510. The van der Waals surface area contributed by atoms with Gasteiger partial charge in [0.2, 0.25) is 26.0 Å². The summed E-state index contributed by atoms with van der Waals surface area (Å²) < 4.78 is 61.3. The second-order valence-electron chi connectivity index (χ2n) is 9.13. The van der Waals surface area contributed by atoms with Crippen LogP contribution in [0.4, 0.5) is 0 Å². The van der Waals surface area contributed by atoms with E-state index in [2.05, 4.69) is 10.0 Å². The van der Waals surface area contributed by atoms with E-state index >= 15 is 0 Å². The molecule has 2 N–H and O–H groups in total. The lowest BCUT2D eigenvalue weighted by molar-refractivity contribution is -0.122. The number of benzene rings is 3. The molecule has 1 heterocycles. The third-order valence-electron chi connectivity index (χ3n) is 6.40. The third-order valence-corrected chi connectivity index (χ3v) is 10.0. The highest BCUT2D eigenvalue weighted by Crippen LogP contribution is 2.27. The van der Waals surface area contributed by atoms with E-state index in [4.69, 9.17) is 16.3 Å². The molecule has 0 aromatic heterocycles. The van der Waals surface area contributed by atoms with Gasteiger partial charge in [0.1, 0.15) is 16.7 Å². The summed E-state index contributed by atoms with van der Waals surface area (Å²) in [6.07, 6.45) is 1.80. The minimum atomic E-state index is -4.19. The third kappa shape index (κ3) is 7.17. The Morgan fingerprint density at radius 3 is 2.26 bits per heavy atom. The molecule has 0 spiro atoms. The molecule has 9 nitrogen and oxygen atoms in total. The second kappa shape index (κ2) is 12.5. The van der Waals surface area contributed by atoms with Gasteiger partial charge in [0.05, 0.1) is 12.0 Å². The van der Waals surface area contributed by atoms with Crippen molar-refractivity contribution in [1.82, 2.24) is 14.3 Å². The average Bonchev–Trinajstić information content (AvgIpc) is 3.48. The Morgan fingerprint density at radius 1 is 0.949 bits per heavy atom. The fourth-order valence-corrected chi connectivity index (χ4v) is 7.46. The summed E-state index contributed by atoms with van der Waals surface area (Å²) in [6.45, 7) is 1.11. The Hall–Kier alpha value is -2.96. The summed E-state index contributed by atoms with van der Waals surface area (Å²) in [6, 6.07) is 18.4. The van der Waals surface area contributed by atoms with Crippen molar-refractivity contribution in [3.8, 4) is 5.75 Å². The van der Waals surface area contributed by atoms with E-state index in [0.29, 0.717) is 18.7 Å².